The number of rotatable bonds is 6. The minimum absolute atomic E-state index is 0.0959. The molecule has 0 aliphatic rings. The molecule has 0 fully saturated rings. The van der Waals surface area contributed by atoms with Crippen LogP contribution in [0.1, 0.15) is 21.5 Å². The predicted octanol–water partition coefficient (Wildman–Crippen LogP) is 2.51. The van der Waals surface area contributed by atoms with Crippen LogP contribution in [0.5, 0.6) is 0 Å². The zero-order valence-corrected chi connectivity index (χ0v) is 14.1. The normalized spacial score (nSPS) is 10.0. The summed E-state index contributed by atoms with van der Waals surface area (Å²) in [5.74, 6) is -1.59. The summed E-state index contributed by atoms with van der Waals surface area (Å²) in [6.07, 6.45) is 0.0959. The second kappa shape index (κ2) is 8.63. The number of methoxy groups -OCH3 is 1. The molecule has 1 amide bonds. The molecule has 6 nitrogen and oxygen atoms in total. The molecule has 0 radical (unpaired) electrons. The Labute approximate surface area is 145 Å². The lowest BCUT2D eigenvalue weighted by molar-refractivity contribution is -0.146. The van der Waals surface area contributed by atoms with Crippen molar-refractivity contribution in [2.45, 2.75) is 13.3 Å². The molecule has 2 rings (SSSR count). The van der Waals surface area contributed by atoms with E-state index in [1.165, 1.54) is 13.2 Å². The van der Waals surface area contributed by atoms with E-state index in [0.717, 1.165) is 11.1 Å². The first-order valence-electron chi connectivity index (χ1n) is 7.68. The van der Waals surface area contributed by atoms with E-state index in [2.05, 4.69) is 10.1 Å². The summed E-state index contributed by atoms with van der Waals surface area (Å²) in [5, 5.41) is 2.54. The smallest absolute Gasteiger partial charge is 0.339 e. The van der Waals surface area contributed by atoms with Crippen molar-refractivity contribution in [3.63, 3.8) is 0 Å². The third-order valence-electron chi connectivity index (χ3n) is 3.57. The Morgan fingerprint density at radius 1 is 1.00 bits per heavy atom. The van der Waals surface area contributed by atoms with Gasteiger partial charge in [-0.15, -0.1) is 0 Å². The van der Waals surface area contributed by atoms with E-state index in [0.29, 0.717) is 5.69 Å². The molecule has 25 heavy (non-hydrogen) atoms. The maximum atomic E-state index is 12.0. The van der Waals surface area contributed by atoms with Gasteiger partial charge in [-0.2, -0.15) is 0 Å². The molecular formula is C19H19NO5. The summed E-state index contributed by atoms with van der Waals surface area (Å²) in [6.45, 7) is 1.47. The summed E-state index contributed by atoms with van der Waals surface area (Å²) in [7, 11) is 1.26. The fourth-order valence-corrected chi connectivity index (χ4v) is 2.23. The van der Waals surface area contributed by atoms with E-state index >= 15 is 0 Å². The van der Waals surface area contributed by atoms with Crippen LogP contribution in [-0.4, -0.2) is 31.6 Å². The number of anilines is 1. The number of ether oxygens (including phenoxy) is 2. The van der Waals surface area contributed by atoms with Crippen LogP contribution in [0.2, 0.25) is 0 Å². The van der Waals surface area contributed by atoms with Crippen molar-refractivity contribution in [2.75, 3.05) is 19.0 Å². The molecule has 0 aromatic heterocycles. The topological polar surface area (TPSA) is 81.7 Å². The molecule has 0 aliphatic heterocycles. The summed E-state index contributed by atoms with van der Waals surface area (Å²) in [5.41, 5.74) is 2.36. The number of carbonyl (C=O) groups excluding carboxylic acids is 3. The van der Waals surface area contributed by atoms with Gasteiger partial charge in [-0.1, -0.05) is 36.4 Å². The van der Waals surface area contributed by atoms with E-state index in [9.17, 15) is 14.4 Å². The highest BCUT2D eigenvalue weighted by atomic mass is 16.5. The highest BCUT2D eigenvalue weighted by Crippen LogP contribution is 2.16. The summed E-state index contributed by atoms with van der Waals surface area (Å²) >= 11 is 0. The van der Waals surface area contributed by atoms with E-state index in [4.69, 9.17) is 4.74 Å². The van der Waals surface area contributed by atoms with Gasteiger partial charge in [0.05, 0.1) is 24.8 Å². The van der Waals surface area contributed by atoms with Crippen molar-refractivity contribution in [3.8, 4) is 0 Å². The molecule has 2 aromatic rings. The van der Waals surface area contributed by atoms with Crippen molar-refractivity contribution in [1.82, 2.24) is 0 Å². The van der Waals surface area contributed by atoms with Crippen molar-refractivity contribution in [3.05, 3.63) is 65.2 Å². The van der Waals surface area contributed by atoms with Gasteiger partial charge in [0.2, 0.25) is 0 Å². The Kier molecular flexibility index (Phi) is 6.28. The number of hydrogen-bond donors (Lipinski definition) is 1. The number of nitrogens with one attached hydrogen (secondary N) is 1. The van der Waals surface area contributed by atoms with E-state index in [-0.39, 0.29) is 12.0 Å². The van der Waals surface area contributed by atoms with Crippen LogP contribution in [0, 0.1) is 6.92 Å². The highest BCUT2D eigenvalue weighted by Gasteiger charge is 2.14. The fourth-order valence-electron chi connectivity index (χ4n) is 2.23. The van der Waals surface area contributed by atoms with Crippen LogP contribution >= 0.6 is 0 Å². The van der Waals surface area contributed by atoms with Crippen molar-refractivity contribution in [2.24, 2.45) is 0 Å². The number of hydrogen-bond acceptors (Lipinski definition) is 5. The number of carbonyl (C=O) groups is 3. The Balaban J connectivity index is 1.90. The number of aryl methyl sites for hydroxylation is 1. The second-order valence-electron chi connectivity index (χ2n) is 5.35. The van der Waals surface area contributed by atoms with Gasteiger partial charge < -0.3 is 14.8 Å². The van der Waals surface area contributed by atoms with Crippen LogP contribution in [0.3, 0.4) is 0 Å². The molecular weight excluding hydrogens is 322 g/mol. The Morgan fingerprint density at radius 3 is 2.40 bits per heavy atom. The Morgan fingerprint density at radius 2 is 1.68 bits per heavy atom. The van der Waals surface area contributed by atoms with Crippen molar-refractivity contribution < 1.29 is 23.9 Å². The number of amides is 1. The number of esters is 2. The third-order valence-corrected chi connectivity index (χ3v) is 3.57. The fraction of sp³-hybridized carbons (Fsp3) is 0.211. The van der Waals surface area contributed by atoms with Crippen LogP contribution in [0.25, 0.3) is 0 Å². The van der Waals surface area contributed by atoms with Gasteiger partial charge in [0.1, 0.15) is 0 Å². The zero-order valence-electron chi connectivity index (χ0n) is 14.1. The first-order chi connectivity index (χ1) is 12.0. The quantitative estimate of drug-likeness (QED) is 0.817. The molecule has 0 atom stereocenters. The Hall–Kier alpha value is -3.15. The number of para-hydroxylation sites is 1. The molecule has 0 bridgehead atoms. The van der Waals surface area contributed by atoms with Crippen molar-refractivity contribution >= 4 is 23.5 Å². The van der Waals surface area contributed by atoms with Gasteiger partial charge in [-0.05, 0) is 30.2 Å². The summed E-state index contributed by atoms with van der Waals surface area (Å²) in [6, 6.07) is 13.9. The lowest BCUT2D eigenvalue weighted by Crippen LogP contribution is -2.23. The van der Waals surface area contributed by atoms with Gasteiger partial charge in [-0.25, -0.2) is 4.79 Å². The molecule has 1 N–H and O–H groups in total. The molecule has 2 aromatic carbocycles. The van der Waals surface area contributed by atoms with E-state index in [1.54, 1.807) is 18.2 Å². The molecule has 6 heteroatoms. The lowest BCUT2D eigenvalue weighted by Gasteiger charge is -2.10. The average Bonchev–Trinajstić information content (AvgIpc) is 2.62. The van der Waals surface area contributed by atoms with Crippen LogP contribution in [0.4, 0.5) is 5.69 Å². The van der Waals surface area contributed by atoms with Gasteiger partial charge in [0.15, 0.2) is 6.61 Å². The molecule has 0 saturated carbocycles. The lowest BCUT2D eigenvalue weighted by atomic mass is 10.1. The van der Waals surface area contributed by atoms with Crippen LogP contribution in [-0.2, 0) is 25.5 Å². The molecule has 0 saturated heterocycles. The standard InChI is InChI=1S/C19H19NO5/c1-13-7-3-4-8-14(13)11-18(22)25-12-17(21)20-16-10-6-5-9-15(16)19(23)24-2/h3-10H,11-12H2,1-2H3,(H,20,21). The molecule has 130 valence electrons. The van der Waals surface area contributed by atoms with Gasteiger partial charge in [-0.3, -0.25) is 9.59 Å². The Bertz CT molecular complexity index is 785. The predicted molar refractivity (Wildman–Crippen MR) is 92.3 cm³/mol. The monoisotopic (exact) mass is 341 g/mol. The molecule has 0 unspecified atom stereocenters. The first kappa shape index (κ1) is 18.2. The van der Waals surface area contributed by atoms with Gasteiger partial charge in [0.25, 0.3) is 5.91 Å². The van der Waals surface area contributed by atoms with Crippen LogP contribution in [0.15, 0.2) is 48.5 Å². The molecule has 0 spiro atoms. The van der Waals surface area contributed by atoms with Crippen molar-refractivity contribution in [1.29, 1.82) is 0 Å². The SMILES string of the molecule is COC(=O)c1ccccc1NC(=O)COC(=O)Cc1ccccc1C. The van der Waals surface area contributed by atoms with Gasteiger partial charge >= 0.3 is 11.9 Å². The molecule has 0 heterocycles. The second-order valence-corrected chi connectivity index (χ2v) is 5.35. The number of benzene rings is 2. The first-order valence-corrected chi connectivity index (χ1v) is 7.68. The largest absolute Gasteiger partial charge is 0.465 e. The van der Waals surface area contributed by atoms with Crippen LogP contribution < -0.4 is 5.32 Å². The maximum Gasteiger partial charge on any atom is 0.339 e. The average molecular weight is 341 g/mol. The minimum Gasteiger partial charge on any atom is -0.465 e. The minimum atomic E-state index is -0.563. The third kappa shape index (κ3) is 5.17. The maximum absolute atomic E-state index is 12.0. The van der Waals surface area contributed by atoms with E-state index in [1.807, 2.05) is 31.2 Å². The van der Waals surface area contributed by atoms with E-state index < -0.39 is 24.5 Å². The summed E-state index contributed by atoms with van der Waals surface area (Å²) < 4.78 is 9.65. The zero-order chi connectivity index (χ0) is 18.2. The molecule has 0 aliphatic carbocycles. The summed E-state index contributed by atoms with van der Waals surface area (Å²) in [4.78, 5) is 35.5. The highest BCUT2D eigenvalue weighted by molar-refractivity contribution is 6.01. The van der Waals surface area contributed by atoms with Gasteiger partial charge in [0, 0.05) is 0 Å².